The number of hydrogen-bond donors (Lipinski definition) is 0. The molecule has 4 heteroatoms. The van der Waals surface area contributed by atoms with Crippen molar-refractivity contribution in [3.05, 3.63) is 0 Å². The lowest BCUT2D eigenvalue weighted by Gasteiger charge is -1.96. The smallest absolute Gasteiger partial charge is 0.142 e. The van der Waals surface area contributed by atoms with E-state index in [0.717, 1.165) is 0 Å². The molecule has 2 saturated heterocycles. The first-order valence-corrected chi connectivity index (χ1v) is 4.50. The molecule has 0 saturated carbocycles. The molecule has 2 aliphatic heterocycles. The van der Waals surface area contributed by atoms with E-state index in [4.69, 9.17) is 9.47 Å². The van der Waals surface area contributed by atoms with Gasteiger partial charge in [0.25, 0.3) is 0 Å². The molecule has 0 bridgehead atoms. The summed E-state index contributed by atoms with van der Waals surface area (Å²) in [5.74, 6) is -0.0127. The lowest BCUT2D eigenvalue weighted by Crippen LogP contribution is -2.11. The zero-order valence-corrected chi connectivity index (χ0v) is 7.32. The van der Waals surface area contributed by atoms with Crippen LogP contribution in [0, 0.1) is 0 Å². The van der Waals surface area contributed by atoms with Crippen LogP contribution in [0.5, 0.6) is 0 Å². The van der Waals surface area contributed by atoms with Gasteiger partial charge in [-0.15, -0.1) is 0 Å². The number of ether oxygens (including phenoxy) is 2. The van der Waals surface area contributed by atoms with Crippen molar-refractivity contribution in [3.63, 3.8) is 0 Å². The Morgan fingerprint density at radius 1 is 1.00 bits per heavy atom. The molecule has 2 heterocycles. The van der Waals surface area contributed by atoms with Crippen LogP contribution < -0.4 is 0 Å². The van der Waals surface area contributed by atoms with E-state index in [-0.39, 0.29) is 30.2 Å². The van der Waals surface area contributed by atoms with Crippen LogP contribution in [0.3, 0.4) is 0 Å². The van der Waals surface area contributed by atoms with E-state index >= 15 is 0 Å². The summed E-state index contributed by atoms with van der Waals surface area (Å²) in [4.78, 5) is 22.3. The number of rotatable bonds is 6. The molecule has 0 spiro atoms. The summed E-state index contributed by atoms with van der Waals surface area (Å²) >= 11 is 0. The van der Waals surface area contributed by atoms with Gasteiger partial charge in [0.1, 0.15) is 11.6 Å². The third-order valence-electron chi connectivity index (χ3n) is 2.11. The van der Waals surface area contributed by atoms with Crippen molar-refractivity contribution < 1.29 is 19.1 Å². The van der Waals surface area contributed by atoms with Gasteiger partial charge in [0, 0.05) is 12.8 Å². The lowest BCUT2D eigenvalue weighted by atomic mass is 10.1. The first-order chi connectivity index (χ1) is 6.24. The number of hydrogen-bond acceptors (Lipinski definition) is 4. The number of ketones is 2. The average molecular weight is 184 g/mol. The summed E-state index contributed by atoms with van der Waals surface area (Å²) in [5.41, 5.74) is 0. The van der Waals surface area contributed by atoms with Crippen molar-refractivity contribution in [2.24, 2.45) is 0 Å². The number of carbonyl (C=O) groups excluding carboxylic acids is 2. The molecule has 0 amide bonds. The molecule has 2 atom stereocenters. The highest BCUT2D eigenvalue weighted by Crippen LogP contribution is 2.17. The molecule has 13 heavy (non-hydrogen) atoms. The Morgan fingerprint density at radius 2 is 1.38 bits per heavy atom. The zero-order valence-electron chi connectivity index (χ0n) is 7.32. The van der Waals surface area contributed by atoms with Crippen molar-refractivity contribution in [2.45, 2.75) is 31.5 Å². The summed E-state index contributed by atoms with van der Waals surface area (Å²) in [6.07, 6.45) is 1.05. The van der Waals surface area contributed by atoms with Crippen molar-refractivity contribution in [3.8, 4) is 0 Å². The summed E-state index contributed by atoms with van der Waals surface area (Å²) in [6.45, 7) is 1.34. The van der Waals surface area contributed by atoms with E-state index in [9.17, 15) is 9.59 Å². The highest BCUT2D eigenvalue weighted by molar-refractivity contribution is 5.99. The Kier molecular flexibility index (Phi) is 2.42. The minimum atomic E-state index is -0.00634. The summed E-state index contributed by atoms with van der Waals surface area (Å²) in [7, 11) is 0. The molecule has 0 aromatic carbocycles. The first-order valence-electron chi connectivity index (χ1n) is 4.50. The summed E-state index contributed by atoms with van der Waals surface area (Å²) in [6, 6.07) is 0. The van der Waals surface area contributed by atoms with Gasteiger partial charge in [-0.25, -0.2) is 0 Å². The Hall–Kier alpha value is -0.740. The largest absolute Gasteiger partial charge is 0.373 e. The summed E-state index contributed by atoms with van der Waals surface area (Å²) < 4.78 is 9.79. The molecule has 0 N–H and O–H groups in total. The first kappa shape index (κ1) is 8.84. The van der Waals surface area contributed by atoms with Gasteiger partial charge in [-0.05, 0) is 0 Å². The molecule has 0 aliphatic carbocycles. The molecule has 2 unspecified atom stereocenters. The number of carbonyl (C=O) groups is 2. The SMILES string of the molecule is O=C(CC(=O)CC1CO1)CC1CO1. The number of Topliss-reactive ketones (excluding diaryl/α,β-unsaturated/α-hetero) is 2. The Labute approximate surface area is 76.2 Å². The van der Waals surface area contributed by atoms with Crippen LogP contribution in [0.25, 0.3) is 0 Å². The van der Waals surface area contributed by atoms with Gasteiger partial charge in [0.05, 0.1) is 31.8 Å². The predicted molar refractivity (Wildman–Crippen MR) is 43.3 cm³/mol. The maximum absolute atomic E-state index is 11.2. The van der Waals surface area contributed by atoms with E-state index in [1.54, 1.807) is 0 Å². The molecule has 0 aromatic rings. The summed E-state index contributed by atoms with van der Waals surface area (Å²) in [5, 5.41) is 0. The fourth-order valence-corrected chi connectivity index (χ4v) is 1.24. The van der Waals surface area contributed by atoms with E-state index in [2.05, 4.69) is 0 Å². The third kappa shape index (κ3) is 3.24. The average Bonchev–Trinajstić information content (AvgIpc) is 2.81. The van der Waals surface area contributed by atoms with Crippen LogP contribution in [0.1, 0.15) is 19.3 Å². The molecular weight excluding hydrogens is 172 g/mol. The van der Waals surface area contributed by atoms with Gasteiger partial charge in [0.2, 0.25) is 0 Å². The van der Waals surface area contributed by atoms with Gasteiger partial charge in [0.15, 0.2) is 0 Å². The Bertz CT molecular complexity index is 204. The second-order valence-corrected chi connectivity index (χ2v) is 3.57. The van der Waals surface area contributed by atoms with Crippen LogP contribution in [-0.2, 0) is 19.1 Å². The lowest BCUT2D eigenvalue weighted by molar-refractivity contribution is -0.127. The van der Waals surface area contributed by atoms with Gasteiger partial charge in [-0.2, -0.15) is 0 Å². The van der Waals surface area contributed by atoms with Crippen molar-refractivity contribution in [1.82, 2.24) is 0 Å². The molecular formula is C9H12O4. The monoisotopic (exact) mass is 184 g/mol. The van der Waals surface area contributed by atoms with Gasteiger partial charge in [-0.1, -0.05) is 0 Å². The normalized spacial score (nSPS) is 29.8. The Morgan fingerprint density at radius 3 is 1.69 bits per heavy atom. The van der Waals surface area contributed by atoms with E-state index < -0.39 is 0 Å². The molecule has 72 valence electrons. The van der Waals surface area contributed by atoms with Gasteiger partial charge >= 0.3 is 0 Å². The van der Waals surface area contributed by atoms with E-state index in [1.165, 1.54) is 0 Å². The molecule has 2 fully saturated rings. The van der Waals surface area contributed by atoms with Crippen LogP contribution in [-0.4, -0.2) is 37.0 Å². The standard InChI is InChI=1S/C9H12O4/c10-6(2-8-4-12-8)1-7(11)3-9-5-13-9/h8-9H,1-5H2. The van der Waals surface area contributed by atoms with Crippen molar-refractivity contribution >= 4 is 11.6 Å². The van der Waals surface area contributed by atoms with E-state index in [1.807, 2.05) is 0 Å². The van der Waals surface area contributed by atoms with Crippen LogP contribution in [0.15, 0.2) is 0 Å². The Balaban J connectivity index is 1.62. The highest BCUT2D eigenvalue weighted by atomic mass is 16.6. The third-order valence-corrected chi connectivity index (χ3v) is 2.11. The minimum absolute atomic E-state index is 0.00634. The molecule has 2 rings (SSSR count). The topological polar surface area (TPSA) is 59.2 Å². The maximum atomic E-state index is 11.2. The maximum Gasteiger partial charge on any atom is 0.142 e. The minimum Gasteiger partial charge on any atom is -0.373 e. The molecule has 0 radical (unpaired) electrons. The fourth-order valence-electron chi connectivity index (χ4n) is 1.24. The van der Waals surface area contributed by atoms with Crippen LogP contribution in [0.4, 0.5) is 0 Å². The molecule has 0 aromatic heterocycles. The number of epoxide rings is 2. The van der Waals surface area contributed by atoms with Crippen LogP contribution in [0.2, 0.25) is 0 Å². The highest BCUT2D eigenvalue weighted by Gasteiger charge is 2.29. The zero-order chi connectivity index (χ0) is 9.26. The molecule has 4 nitrogen and oxygen atoms in total. The second kappa shape index (κ2) is 3.55. The second-order valence-electron chi connectivity index (χ2n) is 3.57. The predicted octanol–water partition coefficient (Wildman–Crippen LogP) is 0.0925. The van der Waals surface area contributed by atoms with Crippen LogP contribution >= 0.6 is 0 Å². The quantitative estimate of drug-likeness (QED) is 0.433. The van der Waals surface area contributed by atoms with Crippen molar-refractivity contribution in [2.75, 3.05) is 13.2 Å². The van der Waals surface area contributed by atoms with Gasteiger partial charge in [-0.3, -0.25) is 9.59 Å². The van der Waals surface area contributed by atoms with Gasteiger partial charge < -0.3 is 9.47 Å². The molecule has 2 aliphatic rings. The fraction of sp³-hybridized carbons (Fsp3) is 0.778. The van der Waals surface area contributed by atoms with E-state index in [0.29, 0.717) is 26.1 Å². The van der Waals surface area contributed by atoms with Crippen molar-refractivity contribution in [1.29, 1.82) is 0 Å².